The number of carbonyl (C=O) groups is 1. The number of H-pyrrole nitrogens is 1. The number of hydrogen-bond acceptors (Lipinski definition) is 3. The average Bonchev–Trinajstić information content (AvgIpc) is 3.36. The smallest absolute Gasteiger partial charge is 0.254 e. The first kappa shape index (κ1) is 17.7. The van der Waals surface area contributed by atoms with Crippen LogP contribution in [-0.4, -0.2) is 47.7 Å². The zero-order valence-corrected chi connectivity index (χ0v) is 14.9. The van der Waals surface area contributed by atoms with E-state index in [0.29, 0.717) is 11.5 Å². The molecule has 1 amide bonds. The van der Waals surface area contributed by atoms with E-state index in [9.17, 15) is 4.79 Å². The predicted molar refractivity (Wildman–Crippen MR) is 99.6 cm³/mol. The molecule has 25 heavy (non-hydrogen) atoms. The van der Waals surface area contributed by atoms with Crippen LogP contribution in [0, 0.1) is 5.92 Å². The van der Waals surface area contributed by atoms with Crippen LogP contribution >= 0.6 is 0 Å². The molecule has 2 N–H and O–H groups in total. The van der Waals surface area contributed by atoms with Crippen molar-refractivity contribution in [2.24, 2.45) is 5.92 Å². The van der Waals surface area contributed by atoms with Gasteiger partial charge in [-0.05, 0) is 63.2 Å². The number of likely N-dealkylation sites (tertiary alicyclic amines) is 1. The molecule has 1 aliphatic heterocycles. The Bertz CT molecular complexity index is 629. The Morgan fingerprint density at radius 3 is 2.52 bits per heavy atom. The molecule has 1 saturated carbocycles. The Balaban J connectivity index is 0.000000170. The summed E-state index contributed by atoms with van der Waals surface area (Å²) in [4.78, 5) is 14.0. The van der Waals surface area contributed by atoms with E-state index >= 15 is 0 Å². The van der Waals surface area contributed by atoms with Gasteiger partial charge < -0.3 is 10.2 Å². The fourth-order valence-corrected chi connectivity index (χ4v) is 3.12. The second-order valence-corrected chi connectivity index (χ2v) is 7.13. The molecule has 5 nitrogen and oxygen atoms in total. The minimum absolute atomic E-state index is 0.0346. The number of rotatable bonds is 4. The third-order valence-electron chi connectivity index (χ3n) is 5.00. The van der Waals surface area contributed by atoms with Crippen molar-refractivity contribution >= 4 is 5.91 Å². The van der Waals surface area contributed by atoms with Crippen LogP contribution in [0.5, 0.6) is 0 Å². The molecule has 0 radical (unpaired) electrons. The lowest BCUT2D eigenvalue weighted by atomic mass is 9.97. The fraction of sp³-hybridized carbons (Fsp3) is 0.500. The van der Waals surface area contributed by atoms with E-state index in [1.54, 1.807) is 12.4 Å². The van der Waals surface area contributed by atoms with Crippen molar-refractivity contribution < 1.29 is 4.79 Å². The van der Waals surface area contributed by atoms with Gasteiger partial charge in [0.2, 0.25) is 0 Å². The van der Waals surface area contributed by atoms with Crippen LogP contribution in [0.4, 0.5) is 0 Å². The molecule has 0 unspecified atom stereocenters. The summed E-state index contributed by atoms with van der Waals surface area (Å²) in [7, 11) is 2.14. The third kappa shape index (κ3) is 5.71. The van der Waals surface area contributed by atoms with Crippen molar-refractivity contribution in [3.8, 4) is 0 Å². The summed E-state index contributed by atoms with van der Waals surface area (Å²) < 4.78 is 0. The Kier molecular flexibility index (Phi) is 6.23. The van der Waals surface area contributed by atoms with Crippen LogP contribution in [-0.2, 0) is 0 Å². The molecular weight excluding hydrogens is 312 g/mol. The summed E-state index contributed by atoms with van der Waals surface area (Å²) in [6, 6.07) is 10.8. The number of benzene rings is 1. The number of nitrogens with one attached hydrogen (secondary N) is 2. The number of aromatic amines is 1. The average molecular weight is 340 g/mol. The van der Waals surface area contributed by atoms with Gasteiger partial charge in [-0.15, -0.1) is 0 Å². The van der Waals surface area contributed by atoms with Gasteiger partial charge in [0.1, 0.15) is 0 Å². The largest absolute Gasteiger partial charge is 0.352 e. The maximum atomic E-state index is 11.6. The molecule has 5 heteroatoms. The summed E-state index contributed by atoms with van der Waals surface area (Å²) in [6.45, 7) is 3.04. The lowest BCUT2D eigenvalue weighted by Gasteiger charge is -2.28. The molecule has 2 aliphatic rings. The van der Waals surface area contributed by atoms with Crippen molar-refractivity contribution in [2.45, 2.75) is 31.6 Å². The second-order valence-electron chi connectivity index (χ2n) is 7.13. The fourth-order valence-electron chi connectivity index (χ4n) is 3.12. The second kappa shape index (κ2) is 8.81. The van der Waals surface area contributed by atoms with Crippen molar-refractivity contribution in [3.05, 3.63) is 53.9 Å². The predicted octanol–water partition coefficient (Wildman–Crippen LogP) is 3.05. The number of nitrogens with zero attached hydrogens (tertiary/aromatic N) is 2. The first-order chi connectivity index (χ1) is 12.2. The van der Waals surface area contributed by atoms with Crippen molar-refractivity contribution in [3.63, 3.8) is 0 Å². The monoisotopic (exact) mass is 340 g/mol. The molecule has 1 aromatic carbocycles. The summed E-state index contributed by atoms with van der Waals surface area (Å²) in [5.74, 6) is 1.49. The Morgan fingerprint density at radius 2 is 1.92 bits per heavy atom. The molecule has 2 heterocycles. The zero-order chi connectivity index (χ0) is 17.5. The van der Waals surface area contributed by atoms with Gasteiger partial charge in [0.15, 0.2) is 0 Å². The summed E-state index contributed by atoms with van der Waals surface area (Å²) in [6.07, 6.45) is 8.31. The minimum Gasteiger partial charge on any atom is -0.352 e. The highest BCUT2D eigenvalue weighted by molar-refractivity contribution is 5.93. The van der Waals surface area contributed by atoms with Crippen LogP contribution in [0.1, 0.15) is 47.5 Å². The van der Waals surface area contributed by atoms with Crippen molar-refractivity contribution in [1.29, 1.82) is 0 Å². The quantitative estimate of drug-likeness (QED) is 0.899. The third-order valence-corrected chi connectivity index (χ3v) is 5.00. The van der Waals surface area contributed by atoms with E-state index in [0.717, 1.165) is 25.6 Å². The van der Waals surface area contributed by atoms with E-state index in [-0.39, 0.29) is 5.91 Å². The number of carbonyl (C=O) groups excluding carboxylic acids is 1. The Labute approximate surface area is 149 Å². The zero-order valence-electron chi connectivity index (χ0n) is 14.9. The summed E-state index contributed by atoms with van der Waals surface area (Å²) >= 11 is 0. The maximum Gasteiger partial charge on any atom is 0.254 e. The maximum absolute atomic E-state index is 11.6. The molecule has 1 aromatic heterocycles. The molecule has 134 valence electrons. The van der Waals surface area contributed by atoms with Crippen LogP contribution in [0.25, 0.3) is 0 Å². The van der Waals surface area contributed by atoms with Crippen molar-refractivity contribution in [2.75, 3.05) is 26.7 Å². The van der Waals surface area contributed by atoms with Gasteiger partial charge in [-0.1, -0.05) is 30.3 Å². The normalized spacial score (nSPS) is 18.3. The van der Waals surface area contributed by atoms with E-state index < -0.39 is 0 Å². The molecule has 1 saturated heterocycles. The van der Waals surface area contributed by atoms with Gasteiger partial charge in [-0.2, -0.15) is 5.10 Å². The summed E-state index contributed by atoms with van der Waals surface area (Å²) in [5, 5.41) is 9.34. The number of hydrogen-bond donors (Lipinski definition) is 2. The minimum atomic E-state index is -0.0346. The van der Waals surface area contributed by atoms with Crippen molar-refractivity contribution in [1.82, 2.24) is 20.4 Å². The molecule has 2 aromatic rings. The lowest BCUT2D eigenvalue weighted by molar-refractivity contribution is 0.0939. The number of aromatic nitrogens is 2. The molecule has 0 atom stereocenters. The number of amides is 1. The Hall–Kier alpha value is -2.14. The van der Waals surface area contributed by atoms with Gasteiger partial charge in [-0.25, -0.2) is 0 Å². The van der Waals surface area contributed by atoms with E-state index in [1.165, 1.54) is 31.2 Å². The lowest BCUT2D eigenvalue weighted by Crippen LogP contribution is -2.36. The standard InChI is InChI=1S/C11H18N4O.C9H10/c1-15-4-2-9(3-5-15)6-12-11(16)10-7-13-14-8-10;1-2-4-8(5-3-1)9-6-7-9/h7-9H,2-6H2,1H3,(H,12,16)(H,13,14);1-5,9H,6-7H2. The van der Waals surface area contributed by atoms with Gasteiger partial charge in [0.05, 0.1) is 11.8 Å². The summed E-state index contributed by atoms with van der Waals surface area (Å²) in [5.41, 5.74) is 2.13. The van der Waals surface area contributed by atoms with Crippen LogP contribution in [0.2, 0.25) is 0 Å². The van der Waals surface area contributed by atoms with Crippen LogP contribution < -0.4 is 5.32 Å². The molecular formula is C20H28N4O. The molecule has 4 rings (SSSR count). The molecule has 0 bridgehead atoms. The van der Waals surface area contributed by atoms with Crippen LogP contribution in [0.3, 0.4) is 0 Å². The highest BCUT2D eigenvalue weighted by Crippen LogP contribution is 2.39. The first-order valence-corrected chi connectivity index (χ1v) is 9.23. The van der Waals surface area contributed by atoms with Gasteiger partial charge in [0, 0.05) is 12.7 Å². The molecule has 0 spiro atoms. The Morgan fingerprint density at radius 1 is 1.20 bits per heavy atom. The van der Waals surface area contributed by atoms with Crippen LogP contribution in [0.15, 0.2) is 42.7 Å². The first-order valence-electron chi connectivity index (χ1n) is 9.23. The van der Waals surface area contributed by atoms with E-state index in [2.05, 4.69) is 57.8 Å². The topological polar surface area (TPSA) is 61.0 Å². The highest BCUT2D eigenvalue weighted by Gasteiger charge is 2.22. The van der Waals surface area contributed by atoms with E-state index in [1.807, 2.05) is 0 Å². The highest BCUT2D eigenvalue weighted by atomic mass is 16.1. The number of piperidine rings is 1. The van der Waals surface area contributed by atoms with E-state index in [4.69, 9.17) is 0 Å². The molecule has 1 aliphatic carbocycles. The van der Waals surface area contributed by atoms with Gasteiger partial charge in [-0.3, -0.25) is 9.89 Å². The van der Waals surface area contributed by atoms with Gasteiger partial charge >= 0.3 is 0 Å². The SMILES string of the molecule is CN1CCC(CNC(=O)c2cn[nH]c2)CC1.c1ccc(C2CC2)cc1. The van der Waals surface area contributed by atoms with Gasteiger partial charge in [0.25, 0.3) is 5.91 Å². The molecule has 2 fully saturated rings.